The Morgan fingerprint density at radius 1 is 1.26 bits per heavy atom. The lowest BCUT2D eigenvalue weighted by Crippen LogP contribution is -2.43. The first-order chi connectivity index (χ1) is 9.01. The number of hydrogen-bond acceptors (Lipinski definition) is 4. The molecule has 1 aromatic carbocycles. The van der Waals surface area contributed by atoms with E-state index in [4.69, 9.17) is 0 Å². The van der Waals surface area contributed by atoms with Crippen molar-refractivity contribution in [3.8, 4) is 0 Å². The summed E-state index contributed by atoms with van der Waals surface area (Å²) in [5, 5.41) is 3.34. The summed E-state index contributed by atoms with van der Waals surface area (Å²) in [6, 6.07) is 6.16. The Hall–Kier alpha value is -1.00. The summed E-state index contributed by atoms with van der Waals surface area (Å²) in [5.74, 6) is 0. The van der Waals surface area contributed by atoms with E-state index in [1.807, 2.05) is 6.07 Å². The molecule has 1 N–H and O–H groups in total. The zero-order chi connectivity index (χ0) is 13.9. The average Bonchev–Trinajstić information content (AvgIpc) is 2.37. The predicted molar refractivity (Wildman–Crippen MR) is 82.5 cm³/mol. The minimum absolute atomic E-state index is 0.111. The molecule has 0 unspecified atom stereocenters. The van der Waals surface area contributed by atoms with Crippen LogP contribution in [0.15, 0.2) is 23.1 Å². The van der Waals surface area contributed by atoms with Gasteiger partial charge in [-0.1, -0.05) is 26.8 Å². The number of nitrogens with one attached hydrogen (secondary N) is 1. The predicted octanol–water partition coefficient (Wildman–Crippen LogP) is 2.80. The zero-order valence-electron chi connectivity index (χ0n) is 11.9. The molecule has 104 valence electrons. The highest BCUT2D eigenvalue weighted by atomic mass is 32.2. The molecule has 19 heavy (non-hydrogen) atoms. The van der Waals surface area contributed by atoms with Crippen LogP contribution in [0.25, 0.3) is 0 Å². The van der Waals surface area contributed by atoms with Crippen molar-refractivity contribution in [3.05, 3.63) is 23.8 Å². The third-order valence-corrected chi connectivity index (χ3v) is 4.22. The number of thioether (sulfide) groups is 1. The molecule has 1 heterocycles. The minimum atomic E-state index is 0.111. The molecule has 1 aliphatic heterocycles. The monoisotopic (exact) mass is 278 g/mol. The molecular weight excluding hydrogens is 256 g/mol. The van der Waals surface area contributed by atoms with Gasteiger partial charge < -0.3 is 10.2 Å². The van der Waals surface area contributed by atoms with Gasteiger partial charge in [-0.2, -0.15) is 0 Å². The number of benzene rings is 1. The second-order valence-electron chi connectivity index (χ2n) is 5.76. The number of carbonyl (C=O) groups is 1. The van der Waals surface area contributed by atoms with Crippen molar-refractivity contribution in [2.24, 2.45) is 0 Å². The number of rotatable bonds is 3. The van der Waals surface area contributed by atoms with E-state index in [0.717, 1.165) is 48.6 Å². The second kappa shape index (κ2) is 5.97. The summed E-state index contributed by atoms with van der Waals surface area (Å²) in [5.41, 5.74) is 1.91. The summed E-state index contributed by atoms with van der Waals surface area (Å²) < 4.78 is 0.111. The van der Waals surface area contributed by atoms with Crippen LogP contribution in [-0.2, 0) is 0 Å². The van der Waals surface area contributed by atoms with Gasteiger partial charge in [0.15, 0.2) is 6.29 Å². The molecular formula is C15H22N2OS. The average molecular weight is 278 g/mol. The molecule has 1 fully saturated rings. The summed E-state index contributed by atoms with van der Waals surface area (Å²) in [7, 11) is 0. The van der Waals surface area contributed by atoms with Crippen molar-refractivity contribution < 1.29 is 4.79 Å². The van der Waals surface area contributed by atoms with Crippen LogP contribution in [0, 0.1) is 0 Å². The Morgan fingerprint density at radius 3 is 2.53 bits per heavy atom. The molecule has 1 aromatic rings. The highest BCUT2D eigenvalue weighted by molar-refractivity contribution is 8.00. The normalized spacial score (nSPS) is 16.5. The number of hydrogen-bond donors (Lipinski definition) is 1. The number of aldehydes is 1. The van der Waals surface area contributed by atoms with Gasteiger partial charge in [0.05, 0.1) is 5.56 Å². The first kappa shape index (κ1) is 14.4. The molecule has 0 aromatic heterocycles. The van der Waals surface area contributed by atoms with E-state index in [1.54, 1.807) is 11.8 Å². The summed E-state index contributed by atoms with van der Waals surface area (Å²) >= 11 is 1.76. The van der Waals surface area contributed by atoms with Gasteiger partial charge in [-0.3, -0.25) is 4.79 Å². The fourth-order valence-electron chi connectivity index (χ4n) is 2.25. The number of nitrogens with zero attached hydrogens (tertiary/aromatic N) is 1. The van der Waals surface area contributed by atoms with Crippen LogP contribution in [0.5, 0.6) is 0 Å². The highest BCUT2D eigenvalue weighted by Gasteiger charge is 2.19. The molecule has 1 saturated heterocycles. The molecule has 0 spiro atoms. The third-order valence-electron chi connectivity index (χ3n) is 3.03. The van der Waals surface area contributed by atoms with Crippen LogP contribution in [-0.4, -0.2) is 37.2 Å². The first-order valence-electron chi connectivity index (χ1n) is 6.74. The molecule has 1 aliphatic rings. The first-order valence-corrected chi connectivity index (χ1v) is 7.56. The van der Waals surface area contributed by atoms with Gasteiger partial charge in [0.25, 0.3) is 0 Å². The summed E-state index contributed by atoms with van der Waals surface area (Å²) in [6.07, 6.45) is 1.01. The summed E-state index contributed by atoms with van der Waals surface area (Å²) in [6.45, 7) is 10.4. The molecule has 0 saturated carbocycles. The lowest BCUT2D eigenvalue weighted by Gasteiger charge is -2.31. The summed E-state index contributed by atoms with van der Waals surface area (Å²) in [4.78, 5) is 14.9. The maximum atomic E-state index is 11.5. The van der Waals surface area contributed by atoms with Gasteiger partial charge in [0.1, 0.15) is 0 Å². The van der Waals surface area contributed by atoms with Gasteiger partial charge in [-0.05, 0) is 12.1 Å². The maximum absolute atomic E-state index is 11.5. The SMILES string of the molecule is CC(C)(C)Sc1cccc(N2CCNCC2)c1C=O. The molecule has 2 rings (SSSR count). The molecule has 4 heteroatoms. The fraction of sp³-hybridized carbons (Fsp3) is 0.533. The molecule has 0 atom stereocenters. The van der Waals surface area contributed by atoms with E-state index < -0.39 is 0 Å². The van der Waals surface area contributed by atoms with Gasteiger partial charge in [0, 0.05) is 41.5 Å². The maximum Gasteiger partial charge on any atom is 0.153 e. The van der Waals surface area contributed by atoms with Crippen LogP contribution < -0.4 is 10.2 Å². The van der Waals surface area contributed by atoms with Gasteiger partial charge >= 0.3 is 0 Å². The Kier molecular flexibility index (Phi) is 4.53. The standard InChI is InChI=1S/C15H22N2OS/c1-15(2,3)19-14-6-4-5-13(12(14)11-18)17-9-7-16-8-10-17/h4-6,11,16H,7-10H2,1-3H3. The topological polar surface area (TPSA) is 32.3 Å². The Bertz CT molecular complexity index is 448. The van der Waals surface area contributed by atoms with Crippen LogP contribution in [0.4, 0.5) is 5.69 Å². The van der Waals surface area contributed by atoms with Crippen molar-refractivity contribution in [1.82, 2.24) is 5.32 Å². The second-order valence-corrected chi connectivity index (χ2v) is 7.63. The van der Waals surface area contributed by atoms with E-state index >= 15 is 0 Å². The Morgan fingerprint density at radius 2 is 1.95 bits per heavy atom. The zero-order valence-corrected chi connectivity index (χ0v) is 12.7. The molecule has 0 aliphatic carbocycles. The molecule has 0 radical (unpaired) electrons. The van der Waals surface area contributed by atoms with Crippen molar-refractivity contribution in [2.75, 3.05) is 31.1 Å². The lowest BCUT2D eigenvalue weighted by molar-refractivity contribution is 0.112. The van der Waals surface area contributed by atoms with Gasteiger partial charge in [-0.15, -0.1) is 11.8 Å². The number of carbonyl (C=O) groups excluding carboxylic acids is 1. The molecule has 3 nitrogen and oxygen atoms in total. The van der Waals surface area contributed by atoms with Crippen LogP contribution >= 0.6 is 11.8 Å². The van der Waals surface area contributed by atoms with Crippen LogP contribution in [0.3, 0.4) is 0 Å². The van der Waals surface area contributed by atoms with Crippen LogP contribution in [0.1, 0.15) is 31.1 Å². The molecule has 0 bridgehead atoms. The largest absolute Gasteiger partial charge is 0.368 e. The number of piperazine rings is 1. The van der Waals surface area contributed by atoms with E-state index in [-0.39, 0.29) is 4.75 Å². The Balaban J connectivity index is 2.33. The van der Waals surface area contributed by atoms with Crippen molar-refractivity contribution in [1.29, 1.82) is 0 Å². The van der Waals surface area contributed by atoms with Gasteiger partial charge in [0.2, 0.25) is 0 Å². The Labute approximate surface area is 119 Å². The van der Waals surface area contributed by atoms with Gasteiger partial charge in [-0.25, -0.2) is 0 Å². The van der Waals surface area contributed by atoms with Crippen molar-refractivity contribution >= 4 is 23.7 Å². The van der Waals surface area contributed by atoms with Crippen LogP contribution in [0.2, 0.25) is 0 Å². The van der Waals surface area contributed by atoms with E-state index in [1.165, 1.54) is 0 Å². The van der Waals surface area contributed by atoms with E-state index in [9.17, 15) is 4.79 Å². The smallest absolute Gasteiger partial charge is 0.153 e. The van der Waals surface area contributed by atoms with E-state index in [2.05, 4.69) is 43.1 Å². The minimum Gasteiger partial charge on any atom is -0.368 e. The molecule has 0 amide bonds. The third kappa shape index (κ3) is 3.74. The quantitative estimate of drug-likeness (QED) is 0.681. The highest BCUT2D eigenvalue weighted by Crippen LogP contribution is 2.37. The lowest BCUT2D eigenvalue weighted by atomic mass is 10.1. The van der Waals surface area contributed by atoms with E-state index in [0.29, 0.717) is 0 Å². The van der Waals surface area contributed by atoms with Crippen molar-refractivity contribution in [2.45, 2.75) is 30.4 Å². The fourth-order valence-corrected chi connectivity index (χ4v) is 3.32. The van der Waals surface area contributed by atoms with Crippen molar-refractivity contribution in [3.63, 3.8) is 0 Å². The number of anilines is 1.